The largest absolute Gasteiger partial charge is 0.319 e. The van der Waals surface area contributed by atoms with E-state index >= 15 is 0 Å². The molecule has 0 aliphatic rings. The molecule has 0 radical (unpaired) electrons. The van der Waals surface area contributed by atoms with Gasteiger partial charge in [-0.3, -0.25) is 4.79 Å². The van der Waals surface area contributed by atoms with E-state index in [-0.39, 0.29) is 22.4 Å². The van der Waals surface area contributed by atoms with Gasteiger partial charge in [0.25, 0.3) is 0 Å². The van der Waals surface area contributed by atoms with Crippen LogP contribution in [0.1, 0.15) is 19.8 Å². The highest BCUT2D eigenvalue weighted by molar-refractivity contribution is 7.99. The third kappa shape index (κ3) is 5.63. The molecule has 0 saturated heterocycles. The van der Waals surface area contributed by atoms with Crippen LogP contribution < -0.4 is 10.5 Å². The van der Waals surface area contributed by atoms with Crippen LogP contribution in [0.5, 0.6) is 0 Å². The Morgan fingerprint density at radius 1 is 1.21 bits per heavy atom. The fraction of sp³-hybridized carbons (Fsp3) is 0.227. The number of primary sulfonamides is 1. The first kappa shape index (κ1) is 24.3. The summed E-state index contributed by atoms with van der Waals surface area (Å²) >= 11 is 2.55. The Balaban J connectivity index is 1.47. The highest BCUT2D eigenvalue weighted by Crippen LogP contribution is 2.28. The average Bonchev–Trinajstić information content (AvgIpc) is 3.40. The van der Waals surface area contributed by atoms with Gasteiger partial charge in [0.1, 0.15) is 5.82 Å². The molecule has 0 spiro atoms. The lowest BCUT2D eigenvalue weighted by molar-refractivity contribution is -0.113. The van der Waals surface area contributed by atoms with Crippen molar-refractivity contribution >= 4 is 55.2 Å². The number of aryl methyl sites for hydroxylation is 1. The Labute approximate surface area is 204 Å². The quantitative estimate of drug-likeness (QED) is 0.315. The van der Waals surface area contributed by atoms with Crippen molar-refractivity contribution in [2.24, 2.45) is 5.14 Å². The zero-order valence-electron chi connectivity index (χ0n) is 18.2. The Hall–Kier alpha value is -2.80. The van der Waals surface area contributed by atoms with Gasteiger partial charge >= 0.3 is 0 Å². The third-order valence-corrected chi connectivity index (χ3v) is 7.62. The number of aromatic nitrogens is 3. The topological polar surface area (TPSA) is 120 Å². The van der Waals surface area contributed by atoms with E-state index in [0.717, 1.165) is 23.9 Å². The number of hydrogen-bond acceptors (Lipinski definition) is 7. The maximum Gasteiger partial charge on any atom is 0.238 e. The maximum atomic E-state index is 13.1. The summed E-state index contributed by atoms with van der Waals surface area (Å²) < 4.78 is 38.5. The fourth-order valence-corrected chi connectivity index (χ4v) is 5.39. The molecular weight excluding hydrogens is 497 g/mol. The van der Waals surface area contributed by atoms with Gasteiger partial charge in [0.2, 0.25) is 15.9 Å². The van der Waals surface area contributed by atoms with Crippen molar-refractivity contribution in [3.05, 3.63) is 53.7 Å². The second kappa shape index (κ2) is 10.2. The molecule has 12 heteroatoms. The number of nitrogens with zero attached hydrogens (tertiary/aromatic N) is 3. The van der Waals surface area contributed by atoms with Crippen LogP contribution in [0.2, 0.25) is 0 Å². The summed E-state index contributed by atoms with van der Waals surface area (Å²) in [6.45, 7) is 2.77. The molecule has 4 rings (SSSR count). The Bertz CT molecular complexity index is 1430. The van der Waals surface area contributed by atoms with Gasteiger partial charge in [0.15, 0.2) is 10.3 Å². The molecule has 8 nitrogen and oxygen atoms in total. The minimum atomic E-state index is -3.84. The third-order valence-electron chi connectivity index (χ3n) is 4.97. The molecule has 0 aliphatic heterocycles. The summed E-state index contributed by atoms with van der Waals surface area (Å²) in [6, 6.07) is 10.6. The summed E-state index contributed by atoms with van der Waals surface area (Å²) in [7, 11) is -3.84. The highest BCUT2D eigenvalue weighted by atomic mass is 32.2. The summed E-state index contributed by atoms with van der Waals surface area (Å²) in [6.07, 6.45) is 1.88. The van der Waals surface area contributed by atoms with E-state index in [1.165, 1.54) is 47.4 Å². The van der Waals surface area contributed by atoms with E-state index in [9.17, 15) is 17.6 Å². The lowest BCUT2D eigenvalue weighted by Crippen LogP contribution is -2.14. The normalized spacial score (nSPS) is 11.7. The van der Waals surface area contributed by atoms with Crippen molar-refractivity contribution in [2.75, 3.05) is 11.1 Å². The van der Waals surface area contributed by atoms with E-state index in [2.05, 4.69) is 22.2 Å². The highest BCUT2D eigenvalue weighted by Gasteiger charge is 2.17. The zero-order valence-corrected chi connectivity index (χ0v) is 20.6. The van der Waals surface area contributed by atoms with E-state index in [1.54, 1.807) is 23.6 Å². The number of unbranched alkanes of at least 4 members (excludes halogenated alkanes) is 1. The van der Waals surface area contributed by atoms with Gasteiger partial charge < -0.3 is 9.88 Å². The number of thiazole rings is 1. The molecule has 2 heterocycles. The average molecular weight is 520 g/mol. The van der Waals surface area contributed by atoms with Crippen LogP contribution in [0.4, 0.5) is 9.52 Å². The fourth-order valence-electron chi connectivity index (χ4n) is 3.28. The standard InChI is InChI=1S/C22H22FN5O3S3/c1-2-3-10-28-19-9-8-16(34(24,30)31)11-17(19)26-22(28)33-13-20(29)27-21-25-18(12-32-21)14-4-6-15(23)7-5-14/h4-9,11-12H,2-3,10,13H2,1H3,(H2,24,30,31)(H,25,27,29). The van der Waals surface area contributed by atoms with E-state index in [0.29, 0.717) is 28.0 Å². The predicted molar refractivity (Wildman–Crippen MR) is 133 cm³/mol. The lowest BCUT2D eigenvalue weighted by atomic mass is 10.2. The second-order valence-electron chi connectivity index (χ2n) is 7.48. The van der Waals surface area contributed by atoms with E-state index in [1.807, 2.05) is 4.57 Å². The molecule has 0 saturated carbocycles. The number of benzene rings is 2. The Kier molecular flexibility index (Phi) is 7.31. The van der Waals surface area contributed by atoms with Crippen LogP contribution in [0.15, 0.2) is 57.9 Å². The SMILES string of the molecule is CCCCn1c(SCC(=O)Nc2nc(-c3ccc(F)cc3)cs2)nc2cc(S(N)(=O)=O)ccc21. The van der Waals surface area contributed by atoms with Crippen molar-refractivity contribution < 1.29 is 17.6 Å². The first-order valence-corrected chi connectivity index (χ1v) is 13.8. The molecule has 0 atom stereocenters. The van der Waals surface area contributed by atoms with Crippen molar-refractivity contribution in [1.29, 1.82) is 0 Å². The molecule has 34 heavy (non-hydrogen) atoms. The molecular formula is C22H22FN5O3S3. The first-order valence-electron chi connectivity index (χ1n) is 10.4. The van der Waals surface area contributed by atoms with Crippen molar-refractivity contribution in [3.8, 4) is 11.3 Å². The van der Waals surface area contributed by atoms with Gasteiger partial charge in [0, 0.05) is 17.5 Å². The molecule has 0 unspecified atom stereocenters. The minimum Gasteiger partial charge on any atom is -0.319 e. The summed E-state index contributed by atoms with van der Waals surface area (Å²) in [5, 5.41) is 10.9. The predicted octanol–water partition coefficient (Wildman–Crippen LogP) is 4.48. The number of anilines is 1. The summed E-state index contributed by atoms with van der Waals surface area (Å²) in [5.41, 5.74) is 2.71. The molecule has 4 aromatic rings. The second-order valence-corrected chi connectivity index (χ2v) is 10.8. The number of fused-ring (bicyclic) bond motifs is 1. The number of carbonyl (C=O) groups excluding carboxylic acids is 1. The number of sulfonamides is 1. The number of halogens is 1. The maximum absolute atomic E-state index is 13.1. The van der Waals surface area contributed by atoms with Crippen LogP contribution in [-0.2, 0) is 21.4 Å². The van der Waals surface area contributed by atoms with Crippen molar-refractivity contribution in [2.45, 2.75) is 36.4 Å². The molecule has 1 amide bonds. The van der Waals surface area contributed by atoms with Gasteiger partial charge in [-0.2, -0.15) is 0 Å². The van der Waals surface area contributed by atoms with Crippen LogP contribution in [0, 0.1) is 5.82 Å². The molecule has 2 aromatic heterocycles. The van der Waals surface area contributed by atoms with Gasteiger partial charge in [-0.15, -0.1) is 11.3 Å². The molecule has 0 fully saturated rings. The zero-order chi connectivity index (χ0) is 24.3. The molecule has 178 valence electrons. The number of hydrogen-bond donors (Lipinski definition) is 2. The monoisotopic (exact) mass is 519 g/mol. The molecule has 0 bridgehead atoms. The van der Waals surface area contributed by atoms with Gasteiger partial charge in [-0.25, -0.2) is 27.9 Å². The Morgan fingerprint density at radius 2 is 1.97 bits per heavy atom. The molecule has 2 aromatic carbocycles. The van der Waals surface area contributed by atoms with Crippen LogP contribution >= 0.6 is 23.1 Å². The number of amides is 1. The van der Waals surface area contributed by atoms with Gasteiger partial charge in [0.05, 0.1) is 27.4 Å². The smallest absolute Gasteiger partial charge is 0.238 e. The number of thioether (sulfide) groups is 1. The van der Waals surface area contributed by atoms with Gasteiger partial charge in [-0.05, 0) is 48.9 Å². The van der Waals surface area contributed by atoms with Gasteiger partial charge in [-0.1, -0.05) is 25.1 Å². The summed E-state index contributed by atoms with van der Waals surface area (Å²) in [5.74, 6) is -0.470. The van der Waals surface area contributed by atoms with Crippen molar-refractivity contribution in [1.82, 2.24) is 14.5 Å². The lowest BCUT2D eigenvalue weighted by Gasteiger charge is -2.08. The van der Waals surface area contributed by atoms with Crippen molar-refractivity contribution in [3.63, 3.8) is 0 Å². The molecule has 3 N–H and O–H groups in total. The van der Waals surface area contributed by atoms with Crippen LogP contribution in [0.25, 0.3) is 22.3 Å². The Morgan fingerprint density at radius 3 is 2.68 bits per heavy atom. The molecule has 0 aliphatic carbocycles. The minimum absolute atomic E-state index is 0.00448. The number of rotatable bonds is 9. The first-order chi connectivity index (χ1) is 16.2. The van der Waals surface area contributed by atoms with Crippen LogP contribution in [0.3, 0.4) is 0 Å². The number of nitrogens with two attached hydrogens (primary N) is 1. The number of carbonyl (C=O) groups is 1. The number of nitrogens with one attached hydrogen (secondary N) is 1. The summed E-state index contributed by atoms with van der Waals surface area (Å²) in [4.78, 5) is 21.5. The van der Waals surface area contributed by atoms with Crippen LogP contribution in [-0.4, -0.2) is 34.6 Å². The number of imidazole rings is 1. The van der Waals surface area contributed by atoms with E-state index in [4.69, 9.17) is 5.14 Å². The van der Waals surface area contributed by atoms with E-state index < -0.39 is 10.0 Å².